The molecule has 4 nitrogen and oxygen atoms in total. The molecule has 1 spiro atoms. The first-order valence-electron chi connectivity index (χ1n) is 6.92. The third-order valence-corrected chi connectivity index (χ3v) is 4.57. The lowest BCUT2D eigenvalue weighted by molar-refractivity contribution is -0.118. The van der Waals surface area contributed by atoms with Gasteiger partial charge in [-0.3, -0.25) is 4.79 Å². The Morgan fingerprint density at radius 1 is 1.42 bits per heavy atom. The molecular formula is C15H20N2O2. The summed E-state index contributed by atoms with van der Waals surface area (Å²) < 4.78 is 0. The van der Waals surface area contributed by atoms with Crippen molar-refractivity contribution in [3.8, 4) is 5.75 Å². The Labute approximate surface area is 113 Å². The number of amides is 1. The van der Waals surface area contributed by atoms with E-state index in [2.05, 4.69) is 10.6 Å². The van der Waals surface area contributed by atoms with Crippen LogP contribution in [0.3, 0.4) is 0 Å². The monoisotopic (exact) mass is 260 g/mol. The van der Waals surface area contributed by atoms with Gasteiger partial charge in [0.15, 0.2) is 0 Å². The third-order valence-electron chi connectivity index (χ3n) is 4.57. The molecule has 2 fully saturated rings. The van der Waals surface area contributed by atoms with Crippen LogP contribution in [0.2, 0.25) is 0 Å². The van der Waals surface area contributed by atoms with Gasteiger partial charge in [-0.2, -0.15) is 0 Å². The molecule has 1 saturated heterocycles. The van der Waals surface area contributed by atoms with Crippen molar-refractivity contribution in [1.82, 2.24) is 5.32 Å². The Morgan fingerprint density at radius 3 is 2.84 bits per heavy atom. The van der Waals surface area contributed by atoms with E-state index >= 15 is 0 Å². The van der Waals surface area contributed by atoms with Gasteiger partial charge in [-0.15, -0.1) is 0 Å². The molecule has 1 atom stereocenters. The molecule has 1 aliphatic heterocycles. The minimum Gasteiger partial charge on any atom is -0.508 e. The van der Waals surface area contributed by atoms with Crippen LogP contribution in [0.4, 0.5) is 5.69 Å². The lowest BCUT2D eigenvalue weighted by Gasteiger charge is -2.23. The summed E-state index contributed by atoms with van der Waals surface area (Å²) in [6.07, 6.45) is 3.25. The van der Waals surface area contributed by atoms with Gasteiger partial charge in [-0.25, -0.2) is 0 Å². The number of aryl methyl sites for hydroxylation is 1. The molecule has 4 heteroatoms. The highest BCUT2D eigenvalue weighted by Crippen LogP contribution is 2.58. The van der Waals surface area contributed by atoms with E-state index in [9.17, 15) is 9.90 Å². The van der Waals surface area contributed by atoms with E-state index in [4.69, 9.17) is 0 Å². The van der Waals surface area contributed by atoms with Gasteiger partial charge in [0.2, 0.25) is 5.91 Å². The first-order chi connectivity index (χ1) is 9.11. The van der Waals surface area contributed by atoms with E-state index in [1.54, 1.807) is 12.1 Å². The number of phenolic OH excluding ortho intramolecular Hbond substituents is 1. The number of anilines is 1. The summed E-state index contributed by atoms with van der Waals surface area (Å²) in [6.45, 7) is 3.89. The van der Waals surface area contributed by atoms with Gasteiger partial charge in [0.1, 0.15) is 5.75 Å². The SMILES string of the molecule is Cc1cc(NC(=O)C2CC23CCNCC3)ccc1O. The molecule has 2 aliphatic rings. The molecule has 1 aliphatic carbocycles. The predicted molar refractivity (Wildman–Crippen MR) is 74.1 cm³/mol. The summed E-state index contributed by atoms with van der Waals surface area (Å²) in [5.74, 6) is 0.565. The first kappa shape index (κ1) is 12.5. The number of carbonyl (C=O) groups is 1. The summed E-state index contributed by atoms with van der Waals surface area (Å²) in [5, 5.41) is 15.8. The van der Waals surface area contributed by atoms with Crippen molar-refractivity contribution in [3.05, 3.63) is 23.8 Å². The van der Waals surface area contributed by atoms with Crippen LogP contribution in [0, 0.1) is 18.3 Å². The van der Waals surface area contributed by atoms with Crippen LogP contribution >= 0.6 is 0 Å². The van der Waals surface area contributed by atoms with Gasteiger partial charge < -0.3 is 15.7 Å². The van der Waals surface area contributed by atoms with Gasteiger partial charge in [0.25, 0.3) is 0 Å². The quantitative estimate of drug-likeness (QED) is 0.713. The number of phenols is 1. The Kier molecular flexibility index (Phi) is 2.97. The molecule has 3 rings (SSSR count). The summed E-state index contributed by atoms with van der Waals surface area (Å²) in [6, 6.07) is 5.18. The number of nitrogens with one attached hydrogen (secondary N) is 2. The molecule has 1 amide bonds. The topological polar surface area (TPSA) is 61.4 Å². The summed E-state index contributed by atoms with van der Waals surface area (Å²) >= 11 is 0. The van der Waals surface area contributed by atoms with Crippen LogP contribution in [0.15, 0.2) is 18.2 Å². The predicted octanol–water partition coefficient (Wildman–Crippen LogP) is 2.03. The molecule has 1 unspecified atom stereocenters. The van der Waals surface area contributed by atoms with Gasteiger partial charge in [0.05, 0.1) is 0 Å². The van der Waals surface area contributed by atoms with Crippen LogP contribution < -0.4 is 10.6 Å². The van der Waals surface area contributed by atoms with Crippen LogP contribution in [0.1, 0.15) is 24.8 Å². The zero-order valence-corrected chi connectivity index (χ0v) is 11.2. The summed E-state index contributed by atoms with van der Waals surface area (Å²) in [4.78, 5) is 12.3. The molecule has 1 heterocycles. The third kappa shape index (κ3) is 2.32. The normalized spacial score (nSPS) is 24.2. The fourth-order valence-electron chi connectivity index (χ4n) is 3.16. The summed E-state index contributed by atoms with van der Waals surface area (Å²) in [5.41, 5.74) is 1.82. The maximum Gasteiger partial charge on any atom is 0.228 e. The van der Waals surface area contributed by atoms with E-state index in [-0.39, 0.29) is 23.0 Å². The van der Waals surface area contributed by atoms with Gasteiger partial charge in [0, 0.05) is 11.6 Å². The molecule has 3 N–H and O–H groups in total. The highest BCUT2D eigenvalue weighted by atomic mass is 16.3. The van der Waals surface area contributed by atoms with Crippen molar-refractivity contribution < 1.29 is 9.90 Å². The van der Waals surface area contributed by atoms with Crippen molar-refractivity contribution >= 4 is 11.6 Å². The number of rotatable bonds is 2. The zero-order valence-electron chi connectivity index (χ0n) is 11.2. The Balaban J connectivity index is 1.64. The first-order valence-corrected chi connectivity index (χ1v) is 6.92. The molecule has 1 aromatic rings. The minimum absolute atomic E-state index is 0.131. The van der Waals surface area contributed by atoms with E-state index in [1.165, 1.54) is 0 Å². The molecular weight excluding hydrogens is 240 g/mol. The lowest BCUT2D eigenvalue weighted by atomic mass is 9.92. The lowest BCUT2D eigenvalue weighted by Crippen LogP contribution is -2.31. The van der Waals surface area contributed by atoms with Gasteiger partial charge >= 0.3 is 0 Å². The van der Waals surface area contributed by atoms with Crippen LogP contribution in [-0.2, 0) is 4.79 Å². The molecule has 0 radical (unpaired) electrons. The molecule has 102 valence electrons. The van der Waals surface area contributed by atoms with Gasteiger partial charge in [-0.05, 0) is 68.5 Å². The van der Waals surface area contributed by atoms with Gasteiger partial charge in [-0.1, -0.05) is 0 Å². The molecule has 0 aromatic heterocycles. The highest BCUT2D eigenvalue weighted by Gasteiger charge is 2.57. The standard InChI is InChI=1S/C15H20N2O2/c1-10-8-11(2-3-13(10)18)17-14(19)12-9-15(12)4-6-16-7-5-15/h2-3,8,12,16,18H,4-7,9H2,1H3,(H,17,19). The average Bonchev–Trinajstić information content (AvgIpc) is 3.08. The number of benzene rings is 1. The van der Waals surface area contributed by atoms with Crippen LogP contribution in [0.5, 0.6) is 5.75 Å². The summed E-state index contributed by atoms with van der Waals surface area (Å²) in [7, 11) is 0. The molecule has 1 aromatic carbocycles. The van der Waals surface area contributed by atoms with Crippen molar-refractivity contribution in [1.29, 1.82) is 0 Å². The number of piperidine rings is 1. The Morgan fingerprint density at radius 2 is 2.16 bits per heavy atom. The maximum absolute atomic E-state index is 12.3. The second-order valence-corrected chi connectivity index (χ2v) is 5.86. The van der Waals surface area contributed by atoms with E-state index in [1.807, 2.05) is 13.0 Å². The average molecular weight is 260 g/mol. The largest absolute Gasteiger partial charge is 0.508 e. The number of carbonyl (C=O) groups excluding carboxylic acids is 1. The van der Waals surface area contributed by atoms with Crippen molar-refractivity contribution in [3.63, 3.8) is 0 Å². The van der Waals surface area contributed by atoms with Crippen LogP contribution in [0.25, 0.3) is 0 Å². The zero-order chi connectivity index (χ0) is 13.5. The fraction of sp³-hybridized carbons (Fsp3) is 0.533. The van der Waals surface area contributed by atoms with E-state index in [0.29, 0.717) is 0 Å². The fourth-order valence-corrected chi connectivity index (χ4v) is 3.16. The Bertz CT molecular complexity index is 507. The number of hydrogen-bond acceptors (Lipinski definition) is 3. The van der Waals surface area contributed by atoms with Crippen molar-refractivity contribution in [2.75, 3.05) is 18.4 Å². The molecule has 19 heavy (non-hydrogen) atoms. The number of hydrogen-bond donors (Lipinski definition) is 3. The van der Waals surface area contributed by atoms with Crippen molar-refractivity contribution in [2.45, 2.75) is 26.2 Å². The highest BCUT2D eigenvalue weighted by molar-refractivity contribution is 5.95. The maximum atomic E-state index is 12.3. The van der Waals surface area contributed by atoms with E-state index < -0.39 is 0 Å². The van der Waals surface area contributed by atoms with Crippen molar-refractivity contribution in [2.24, 2.45) is 11.3 Å². The van der Waals surface area contributed by atoms with E-state index in [0.717, 1.165) is 43.6 Å². The molecule has 1 saturated carbocycles. The second-order valence-electron chi connectivity index (χ2n) is 5.86. The molecule has 0 bridgehead atoms. The smallest absolute Gasteiger partial charge is 0.228 e. The second kappa shape index (κ2) is 4.53. The minimum atomic E-state index is 0.131. The number of aromatic hydroxyl groups is 1. The van der Waals surface area contributed by atoms with Crippen LogP contribution in [-0.4, -0.2) is 24.1 Å². The Hall–Kier alpha value is -1.55.